The van der Waals surface area contributed by atoms with Crippen LogP contribution >= 0.6 is 0 Å². The Morgan fingerprint density at radius 1 is 1.43 bits per heavy atom. The number of ketones is 1. The molecule has 6 nitrogen and oxygen atoms in total. The van der Waals surface area contributed by atoms with Crippen LogP contribution in [0.4, 0.5) is 0 Å². The molecule has 0 fully saturated rings. The number of hydrogen-bond donors (Lipinski definition) is 1. The monoisotopic (exact) mass is 321 g/mol. The fraction of sp³-hybridized carbons (Fsp3) is 0.529. The summed E-state index contributed by atoms with van der Waals surface area (Å²) in [6.07, 6.45) is 0.265. The fourth-order valence-corrected chi connectivity index (χ4v) is 2.74. The lowest BCUT2D eigenvalue weighted by molar-refractivity contribution is -0.130. The Hall–Kier alpha value is -2.08. The van der Waals surface area contributed by atoms with Crippen molar-refractivity contribution in [1.82, 2.24) is 4.90 Å². The van der Waals surface area contributed by atoms with Gasteiger partial charge >= 0.3 is 0 Å². The normalized spacial score (nSPS) is 18.4. The molecule has 0 aromatic carbocycles. The Morgan fingerprint density at radius 3 is 2.65 bits per heavy atom. The maximum atomic E-state index is 12.6. The molecule has 0 radical (unpaired) electrons. The molecular formula is C17H23NO5. The van der Waals surface area contributed by atoms with E-state index in [2.05, 4.69) is 0 Å². The third kappa shape index (κ3) is 3.47. The first-order valence-electron chi connectivity index (χ1n) is 7.69. The summed E-state index contributed by atoms with van der Waals surface area (Å²) in [6, 6.07) is 2.81. The number of aliphatic hydroxyl groups is 1. The molecule has 1 atom stereocenters. The van der Waals surface area contributed by atoms with Crippen molar-refractivity contribution in [1.29, 1.82) is 0 Å². The van der Waals surface area contributed by atoms with Gasteiger partial charge in [-0.1, -0.05) is 13.8 Å². The zero-order valence-corrected chi connectivity index (χ0v) is 14.0. The van der Waals surface area contributed by atoms with Crippen molar-refractivity contribution in [2.45, 2.75) is 33.2 Å². The van der Waals surface area contributed by atoms with E-state index in [0.29, 0.717) is 18.1 Å². The second-order valence-electron chi connectivity index (χ2n) is 6.13. The second-order valence-corrected chi connectivity index (χ2v) is 6.13. The average Bonchev–Trinajstić information content (AvgIpc) is 2.99. The number of ether oxygens (including phenoxy) is 1. The van der Waals surface area contributed by atoms with Gasteiger partial charge in [-0.2, -0.15) is 0 Å². The topological polar surface area (TPSA) is 80.0 Å². The number of carbonyl (C=O) groups excluding carboxylic acids is 2. The average molecular weight is 321 g/mol. The van der Waals surface area contributed by atoms with Gasteiger partial charge in [0.1, 0.15) is 17.6 Å². The summed E-state index contributed by atoms with van der Waals surface area (Å²) in [7, 11) is 1.53. The molecule has 1 aliphatic rings. The van der Waals surface area contributed by atoms with Gasteiger partial charge in [-0.25, -0.2) is 0 Å². The molecule has 126 valence electrons. The number of amides is 1. The van der Waals surface area contributed by atoms with E-state index in [0.717, 1.165) is 0 Å². The van der Waals surface area contributed by atoms with Crippen LogP contribution < -0.4 is 0 Å². The van der Waals surface area contributed by atoms with Gasteiger partial charge in [-0.05, 0) is 25.0 Å². The van der Waals surface area contributed by atoms with Gasteiger partial charge in [0.2, 0.25) is 0 Å². The molecule has 0 aliphatic carbocycles. The number of aliphatic hydroxyl groups excluding tert-OH is 1. The van der Waals surface area contributed by atoms with Crippen molar-refractivity contribution in [2.24, 2.45) is 5.92 Å². The Morgan fingerprint density at radius 2 is 2.13 bits per heavy atom. The van der Waals surface area contributed by atoms with Gasteiger partial charge in [-0.3, -0.25) is 9.59 Å². The Kier molecular flexibility index (Phi) is 5.26. The Labute approximate surface area is 135 Å². The first kappa shape index (κ1) is 17.3. The zero-order chi connectivity index (χ0) is 17.1. The van der Waals surface area contributed by atoms with Gasteiger partial charge in [0.05, 0.1) is 12.2 Å². The van der Waals surface area contributed by atoms with Crippen LogP contribution in [0.15, 0.2) is 27.9 Å². The van der Waals surface area contributed by atoms with Crippen molar-refractivity contribution in [3.05, 3.63) is 35.0 Å². The quantitative estimate of drug-likeness (QED) is 0.835. The third-order valence-corrected chi connectivity index (χ3v) is 3.76. The maximum Gasteiger partial charge on any atom is 0.290 e. The summed E-state index contributed by atoms with van der Waals surface area (Å²) >= 11 is 0. The van der Waals surface area contributed by atoms with Crippen LogP contribution in [-0.4, -0.2) is 42.0 Å². The molecule has 2 heterocycles. The van der Waals surface area contributed by atoms with Crippen LogP contribution in [0, 0.1) is 12.8 Å². The molecule has 0 bridgehead atoms. The molecule has 1 aromatic rings. The Bertz CT molecular complexity index is 629. The first-order valence-corrected chi connectivity index (χ1v) is 7.69. The van der Waals surface area contributed by atoms with Crippen LogP contribution in [0.2, 0.25) is 0 Å². The smallest absolute Gasteiger partial charge is 0.290 e. The molecule has 0 saturated heterocycles. The minimum absolute atomic E-state index is 0.120. The predicted octanol–water partition coefficient (Wildman–Crippen LogP) is 2.55. The lowest BCUT2D eigenvalue weighted by atomic mass is 9.95. The lowest BCUT2D eigenvalue weighted by Crippen LogP contribution is -2.33. The molecule has 1 aliphatic heterocycles. The highest BCUT2D eigenvalue weighted by molar-refractivity contribution is 6.08. The first-order chi connectivity index (χ1) is 10.9. The van der Waals surface area contributed by atoms with E-state index >= 15 is 0 Å². The minimum atomic E-state index is -0.697. The zero-order valence-electron chi connectivity index (χ0n) is 14.0. The van der Waals surface area contributed by atoms with Crippen LogP contribution in [0.5, 0.6) is 0 Å². The molecule has 1 aromatic heterocycles. The van der Waals surface area contributed by atoms with E-state index in [4.69, 9.17) is 9.15 Å². The van der Waals surface area contributed by atoms with E-state index in [1.807, 2.05) is 13.8 Å². The third-order valence-electron chi connectivity index (χ3n) is 3.76. The molecule has 6 heteroatoms. The van der Waals surface area contributed by atoms with E-state index in [1.165, 1.54) is 12.0 Å². The standard InChI is InChI=1S/C17H23NO5/c1-10(2)9-12(19)14-15(13-6-5-11(3)23-13)18(7-8-22-4)17(21)16(14)20/h5-6,10,15,20H,7-9H2,1-4H3. The molecule has 2 rings (SSSR count). The van der Waals surface area contributed by atoms with E-state index < -0.39 is 17.7 Å². The van der Waals surface area contributed by atoms with Crippen LogP contribution in [0.1, 0.15) is 37.8 Å². The molecule has 0 saturated carbocycles. The summed E-state index contributed by atoms with van der Waals surface area (Å²) in [5, 5.41) is 10.2. The van der Waals surface area contributed by atoms with E-state index in [9.17, 15) is 14.7 Å². The number of rotatable bonds is 7. The summed E-state index contributed by atoms with van der Waals surface area (Å²) in [5.74, 6) is 0.0121. The van der Waals surface area contributed by atoms with Gasteiger partial charge in [0, 0.05) is 20.1 Å². The number of furan rings is 1. The van der Waals surface area contributed by atoms with Crippen LogP contribution in [0.3, 0.4) is 0 Å². The van der Waals surface area contributed by atoms with Gasteiger partial charge < -0.3 is 19.2 Å². The van der Waals surface area contributed by atoms with Crippen molar-refractivity contribution >= 4 is 11.7 Å². The van der Waals surface area contributed by atoms with Crippen molar-refractivity contribution in [3.8, 4) is 0 Å². The highest BCUT2D eigenvalue weighted by Crippen LogP contribution is 2.39. The number of carbonyl (C=O) groups is 2. The van der Waals surface area contributed by atoms with Crippen molar-refractivity contribution in [2.75, 3.05) is 20.3 Å². The van der Waals surface area contributed by atoms with Crippen LogP contribution in [0.25, 0.3) is 0 Å². The Balaban J connectivity index is 2.42. The molecule has 23 heavy (non-hydrogen) atoms. The maximum absolute atomic E-state index is 12.6. The number of methoxy groups -OCH3 is 1. The summed E-state index contributed by atoms with van der Waals surface area (Å²) < 4.78 is 10.7. The lowest BCUT2D eigenvalue weighted by Gasteiger charge is -2.24. The molecular weight excluding hydrogens is 298 g/mol. The largest absolute Gasteiger partial charge is 0.503 e. The summed E-state index contributed by atoms with van der Waals surface area (Å²) in [5.41, 5.74) is 0.120. The molecule has 0 spiro atoms. The van der Waals surface area contributed by atoms with Gasteiger partial charge in [0.25, 0.3) is 5.91 Å². The predicted molar refractivity (Wildman–Crippen MR) is 83.9 cm³/mol. The number of nitrogens with zero attached hydrogens (tertiary/aromatic N) is 1. The van der Waals surface area contributed by atoms with Crippen LogP contribution in [-0.2, 0) is 14.3 Å². The summed E-state index contributed by atoms with van der Waals surface area (Å²) in [6.45, 7) is 6.20. The van der Waals surface area contributed by atoms with E-state index in [1.54, 1.807) is 19.1 Å². The highest BCUT2D eigenvalue weighted by atomic mass is 16.5. The summed E-state index contributed by atoms with van der Waals surface area (Å²) in [4.78, 5) is 26.3. The van der Waals surface area contributed by atoms with Crippen molar-refractivity contribution < 1.29 is 23.8 Å². The number of aryl methyl sites for hydroxylation is 1. The number of hydrogen-bond acceptors (Lipinski definition) is 5. The minimum Gasteiger partial charge on any atom is -0.503 e. The van der Waals surface area contributed by atoms with Gasteiger partial charge in [0.15, 0.2) is 11.5 Å². The highest BCUT2D eigenvalue weighted by Gasteiger charge is 2.44. The molecule has 1 amide bonds. The second kappa shape index (κ2) is 7.00. The molecule has 1 N–H and O–H groups in total. The SMILES string of the molecule is COCCN1C(=O)C(O)=C(C(=O)CC(C)C)C1c1ccc(C)o1. The van der Waals surface area contributed by atoms with Crippen molar-refractivity contribution in [3.63, 3.8) is 0 Å². The number of Topliss-reactive ketones (excluding diaryl/α,β-unsaturated/α-hetero) is 1. The fourth-order valence-electron chi connectivity index (χ4n) is 2.74. The van der Waals surface area contributed by atoms with E-state index in [-0.39, 0.29) is 30.2 Å². The molecule has 1 unspecified atom stereocenters. The van der Waals surface area contributed by atoms with Gasteiger partial charge in [-0.15, -0.1) is 0 Å².